The second kappa shape index (κ2) is 7.98. The number of hydrogen-bond acceptors (Lipinski definition) is 5. The van der Waals surface area contributed by atoms with Crippen molar-refractivity contribution < 1.29 is 14.3 Å². The molecule has 0 spiro atoms. The number of benzene rings is 2. The topological polar surface area (TPSA) is 65.1 Å². The third-order valence-corrected chi connectivity index (χ3v) is 6.59. The molecule has 3 amide bonds. The van der Waals surface area contributed by atoms with E-state index < -0.39 is 5.54 Å². The van der Waals surface area contributed by atoms with E-state index in [9.17, 15) is 9.59 Å². The zero-order valence-corrected chi connectivity index (χ0v) is 17.8. The summed E-state index contributed by atoms with van der Waals surface area (Å²) in [4.78, 5) is 31.7. The Labute approximate surface area is 182 Å². The van der Waals surface area contributed by atoms with Gasteiger partial charge in [-0.2, -0.15) is 0 Å². The van der Waals surface area contributed by atoms with Crippen LogP contribution in [0, 0.1) is 0 Å². The molecule has 0 saturated carbocycles. The van der Waals surface area contributed by atoms with Crippen molar-refractivity contribution in [3.05, 3.63) is 65.2 Å². The van der Waals surface area contributed by atoms with Crippen molar-refractivity contribution in [3.63, 3.8) is 0 Å². The lowest BCUT2D eigenvalue weighted by Gasteiger charge is -2.36. The molecule has 2 aromatic carbocycles. The van der Waals surface area contributed by atoms with E-state index >= 15 is 0 Å². The lowest BCUT2D eigenvalue weighted by atomic mass is 9.92. The molecule has 3 heterocycles. The van der Waals surface area contributed by atoms with Gasteiger partial charge in [-0.05, 0) is 29.7 Å². The first-order valence-electron chi connectivity index (χ1n) is 10.9. The molecule has 0 radical (unpaired) electrons. The minimum absolute atomic E-state index is 0.188. The van der Waals surface area contributed by atoms with Gasteiger partial charge in [0.05, 0.1) is 13.3 Å². The van der Waals surface area contributed by atoms with Gasteiger partial charge in [-0.15, -0.1) is 0 Å². The van der Waals surface area contributed by atoms with Crippen LogP contribution in [0.15, 0.2) is 48.5 Å². The highest BCUT2D eigenvalue weighted by molar-refractivity contribution is 6.07. The second-order valence-electron chi connectivity index (χ2n) is 8.73. The van der Waals surface area contributed by atoms with Crippen LogP contribution in [0.25, 0.3) is 0 Å². The van der Waals surface area contributed by atoms with Gasteiger partial charge in [-0.25, -0.2) is 9.69 Å². The first kappa shape index (κ1) is 20.0. The highest BCUT2D eigenvalue weighted by Crippen LogP contribution is 2.29. The van der Waals surface area contributed by atoms with Gasteiger partial charge in [0.1, 0.15) is 11.3 Å². The van der Waals surface area contributed by atoms with Gasteiger partial charge in [0.2, 0.25) is 0 Å². The molecule has 7 nitrogen and oxygen atoms in total. The minimum atomic E-state index is -1.00. The van der Waals surface area contributed by atoms with Gasteiger partial charge >= 0.3 is 6.03 Å². The van der Waals surface area contributed by atoms with Crippen LogP contribution in [0.5, 0.6) is 5.75 Å². The maximum absolute atomic E-state index is 13.1. The van der Waals surface area contributed by atoms with E-state index in [0.717, 1.165) is 57.1 Å². The third-order valence-electron chi connectivity index (χ3n) is 6.59. The van der Waals surface area contributed by atoms with Crippen molar-refractivity contribution in [3.8, 4) is 5.75 Å². The highest BCUT2D eigenvalue weighted by Gasteiger charge is 2.49. The monoisotopic (exact) mass is 420 g/mol. The van der Waals surface area contributed by atoms with Crippen molar-refractivity contribution >= 4 is 11.9 Å². The van der Waals surface area contributed by atoms with Crippen LogP contribution in [-0.2, 0) is 23.3 Å². The smallest absolute Gasteiger partial charge is 0.326 e. The summed E-state index contributed by atoms with van der Waals surface area (Å²) in [6.07, 6.45) is 0.991. The zero-order valence-electron chi connectivity index (χ0n) is 17.8. The van der Waals surface area contributed by atoms with Gasteiger partial charge in [0, 0.05) is 39.1 Å². The van der Waals surface area contributed by atoms with Crippen LogP contribution in [0.1, 0.15) is 23.6 Å². The van der Waals surface area contributed by atoms with Gasteiger partial charge < -0.3 is 10.1 Å². The number of urea groups is 1. The molecule has 1 N–H and O–H groups in total. The number of amides is 3. The summed E-state index contributed by atoms with van der Waals surface area (Å²) in [5.74, 6) is 0.830. The van der Waals surface area contributed by atoms with Gasteiger partial charge in [-0.1, -0.05) is 42.5 Å². The molecule has 31 heavy (non-hydrogen) atoms. The standard InChI is InChI=1S/C24H28N4O3/c1-24(20-5-3-2-4-6-20)22(29)28(23(30)25-24)17-27-12-10-26(11-13-27)16-18-7-8-21-19(15-18)9-14-31-21/h2-8,15H,9-14,16-17H2,1H3,(H,25,30)/t24-/m0/s1. The molecule has 3 aliphatic heterocycles. The predicted molar refractivity (Wildman–Crippen MR) is 117 cm³/mol. The Hall–Kier alpha value is -2.90. The van der Waals surface area contributed by atoms with Crippen molar-refractivity contribution in [2.75, 3.05) is 39.5 Å². The molecule has 1 atom stereocenters. The SMILES string of the molecule is C[C@@]1(c2ccccc2)NC(=O)N(CN2CCN(Cc3ccc4c(c3)CCO4)CC2)C1=O. The predicted octanol–water partition coefficient (Wildman–Crippen LogP) is 2.16. The molecule has 2 aromatic rings. The Kier molecular flexibility index (Phi) is 5.16. The second-order valence-corrected chi connectivity index (χ2v) is 8.73. The number of carbonyl (C=O) groups excluding carboxylic acids is 2. The summed E-state index contributed by atoms with van der Waals surface area (Å²) < 4.78 is 5.60. The molecular formula is C24H28N4O3. The fraction of sp³-hybridized carbons (Fsp3) is 0.417. The lowest BCUT2D eigenvalue weighted by Crippen LogP contribution is -2.51. The van der Waals surface area contributed by atoms with Crippen LogP contribution in [-0.4, -0.2) is 66.1 Å². The Balaban J connectivity index is 1.17. The number of fused-ring (bicyclic) bond motifs is 1. The van der Waals surface area contributed by atoms with Crippen LogP contribution < -0.4 is 10.1 Å². The molecule has 5 rings (SSSR count). The Morgan fingerprint density at radius 1 is 1.00 bits per heavy atom. The van der Waals surface area contributed by atoms with E-state index in [0.29, 0.717) is 6.67 Å². The van der Waals surface area contributed by atoms with Crippen LogP contribution in [0.2, 0.25) is 0 Å². The molecule has 0 aromatic heterocycles. The molecule has 2 fully saturated rings. The Morgan fingerprint density at radius 2 is 1.74 bits per heavy atom. The molecule has 0 unspecified atom stereocenters. The van der Waals surface area contributed by atoms with Gasteiger partial charge in [0.25, 0.3) is 5.91 Å². The largest absolute Gasteiger partial charge is 0.493 e. The first-order chi connectivity index (χ1) is 15.0. The van der Waals surface area contributed by atoms with Crippen LogP contribution in [0.3, 0.4) is 0 Å². The summed E-state index contributed by atoms with van der Waals surface area (Å²) in [7, 11) is 0. The molecule has 7 heteroatoms. The van der Waals surface area contributed by atoms with E-state index in [4.69, 9.17) is 4.74 Å². The summed E-state index contributed by atoms with van der Waals surface area (Å²) >= 11 is 0. The van der Waals surface area contributed by atoms with Crippen molar-refractivity contribution in [2.45, 2.75) is 25.4 Å². The summed E-state index contributed by atoms with van der Waals surface area (Å²) in [6.45, 7) is 7.28. The Bertz CT molecular complexity index is 988. The van der Waals surface area contributed by atoms with E-state index in [-0.39, 0.29) is 11.9 Å². The normalized spacial score (nSPS) is 24.2. The molecule has 0 aliphatic carbocycles. The first-order valence-corrected chi connectivity index (χ1v) is 10.9. The maximum Gasteiger partial charge on any atom is 0.326 e. The van der Waals surface area contributed by atoms with E-state index in [1.165, 1.54) is 16.0 Å². The summed E-state index contributed by atoms with van der Waals surface area (Å²) in [5.41, 5.74) is 2.42. The number of piperazine rings is 1. The maximum atomic E-state index is 13.1. The quantitative estimate of drug-likeness (QED) is 0.751. The summed E-state index contributed by atoms with van der Waals surface area (Å²) in [5, 5.41) is 2.89. The third kappa shape index (κ3) is 3.79. The van der Waals surface area contributed by atoms with E-state index in [1.54, 1.807) is 6.92 Å². The van der Waals surface area contributed by atoms with Crippen molar-refractivity contribution in [1.82, 2.24) is 20.0 Å². The number of rotatable bonds is 5. The lowest BCUT2D eigenvalue weighted by molar-refractivity contribution is -0.132. The number of carbonyl (C=O) groups is 2. The van der Waals surface area contributed by atoms with Crippen molar-refractivity contribution in [2.24, 2.45) is 0 Å². The van der Waals surface area contributed by atoms with Gasteiger partial charge in [0.15, 0.2) is 0 Å². The number of nitrogens with zero attached hydrogens (tertiary/aromatic N) is 3. The Morgan fingerprint density at radius 3 is 2.52 bits per heavy atom. The van der Waals surface area contributed by atoms with Crippen LogP contribution >= 0.6 is 0 Å². The van der Waals surface area contributed by atoms with E-state index in [2.05, 4.69) is 33.3 Å². The number of hydrogen-bond donors (Lipinski definition) is 1. The minimum Gasteiger partial charge on any atom is -0.493 e. The fourth-order valence-electron chi connectivity index (χ4n) is 4.68. The van der Waals surface area contributed by atoms with E-state index in [1.807, 2.05) is 30.3 Å². The number of nitrogens with one attached hydrogen (secondary N) is 1. The number of imide groups is 1. The van der Waals surface area contributed by atoms with Gasteiger partial charge in [-0.3, -0.25) is 14.6 Å². The van der Waals surface area contributed by atoms with Crippen LogP contribution in [0.4, 0.5) is 4.79 Å². The van der Waals surface area contributed by atoms with Crippen molar-refractivity contribution in [1.29, 1.82) is 0 Å². The zero-order chi connectivity index (χ0) is 21.4. The molecular weight excluding hydrogens is 392 g/mol. The average Bonchev–Trinajstić information content (AvgIpc) is 3.34. The molecule has 162 valence electrons. The molecule has 3 aliphatic rings. The average molecular weight is 421 g/mol. The fourth-order valence-corrected chi connectivity index (χ4v) is 4.68. The highest BCUT2D eigenvalue weighted by atomic mass is 16.5. The molecule has 0 bridgehead atoms. The summed E-state index contributed by atoms with van der Waals surface area (Å²) in [6, 6.07) is 15.6. The molecule has 2 saturated heterocycles. The number of ether oxygens (including phenoxy) is 1.